The van der Waals surface area contributed by atoms with E-state index in [1.807, 2.05) is 0 Å². The molecule has 0 N–H and O–H groups in total. The van der Waals surface area contributed by atoms with Crippen LogP contribution in [0.25, 0.3) is 0 Å². The molecule has 0 aliphatic heterocycles. The van der Waals surface area contributed by atoms with Crippen LogP contribution in [0.4, 0.5) is 13.2 Å². The summed E-state index contributed by atoms with van der Waals surface area (Å²) in [5, 5.41) is 0. The van der Waals surface area contributed by atoms with Gasteiger partial charge in [-0.05, 0) is 19.4 Å². The Morgan fingerprint density at radius 1 is 1.24 bits per heavy atom. The van der Waals surface area contributed by atoms with Crippen molar-refractivity contribution in [3.63, 3.8) is 0 Å². The smallest absolute Gasteiger partial charge is 0.359 e. The summed E-state index contributed by atoms with van der Waals surface area (Å²) in [4.78, 5) is 0. The molecule has 0 saturated heterocycles. The summed E-state index contributed by atoms with van der Waals surface area (Å²) in [6.45, 7) is 2.32. The number of alkyl halides is 3. The Morgan fingerprint density at radius 3 is 2.35 bits per heavy atom. The predicted molar refractivity (Wildman–Crippen MR) is 57.5 cm³/mol. The number of aryl methyl sites for hydroxylation is 1. The molecule has 0 aliphatic rings. The van der Waals surface area contributed by atoms with Crippen molar-refractivity contribution in [2.24, 2.45) is 0 Å². The predicted octanol–water partition coefficient (Wildman–Crippen LogP) is 3.39. The normalized spacial score (nSPS) is 15.6. The van der Waals surface area contributed by atoms with E-state index in [0.29, 0.717) is 0 Å². The van der Waals surface area contributed by atoms with Crippen LogP contribution in [0.1, 0.15) is 18.1 Å². The van der Waals surface area contributed by atoms with Crippen LogP contribution in [0.2, 0.25) is 0 Å². The summed E-state index contributed by atoms with van der Waals surface area (Å²) >= 11 is 0. The van der Waals surface area contributed by atoms with Gasteiger partial charge in [0.15, 0.2) is 5.60 Å². The molecule has 1 aromatic rings. The fraction of sp³-hybridized carbons (Fsp3) is 0.500. The van der Waals surface area contributed by atoms with Crippen molar-refractivity contribution in [3.05, 3.63) is 35.4 Å². The second-order valence-electron chi connectivity index (χ2n) is 3.95. The molecular formula is C12H15F3O2. The van der Waals surface area contributed by atoms with Gasteiger partial charge in [-0.1, -0.05) is 29.8 Å². The minimum Gasteiger partial charge on any atom is -0.359 e. The average Bonchev–Trinajstić information content (AvgIpc) is 2.24. The first-order chi connectivity index (χ1) is 7.81. The standard InChI is InChI=1S/C12H15F3O2/c1-9-5-4-6-10(7-9)11(2,12(13,14)15)17-8-16-3/h4-7H,8H2,1-3H3. The lowest BCUT2D eigenvalue weighted by atomic mass is 9.94. The Balaban J connectivity index is 3.14. The molecule has 0 fully saturated rings. The fourth-order valence-electron chi connectivity index (χ4n) is 1.45. The van der Waals surface area contributed by atoms with Gasteiger partial charge in [0, 0.05) is 7.11 Å². The Hall–Kier alpha value is -1.07. The first-order valence-corrected chi connectivity index (χ1v) is 5.08. The monoisotopic (exact) mass is 248 g/mol. The summed E-state index contributed by atoms with van der Waals surface area (Å²) in [6, 6.07) is 6.17. The number of rotatable bonds is 4. The number of hydrogen-bond acceptors (Lipinski definition) is 2. The van der Waals surface area contributed by atoms with E-state index in [0.717, 1.165) is 12.5 Å². The third-order valence-electron chi connectivity index (χ3n) is 2.58. The maximum Gasteiger partial charge on any atom is 0.421 e. The van der Waals surface area contributed by atoms with Crippen LogP contribution < -0.4 is 0 Å². The van der Waals surface area contributed by atoms with Crippen LogP contribution in [-0.4, -0.2) is 20.1 Å². The highest BCUT2D eigenvalue weighted by molar-refractivity contribution is 5.28. The molecule has 5 heteroatoms. The minimum atomic E-state index is -4.50. The van der Waals surface area contributed by atoms with Gasteiger partial charge in [-0.2, -0.15) is 13.2 Å². The topological polar surface area (TPSA) is 18.5 Å². The molecule has 1 aromatic carbocycles. The lowest BCUT2D eigenvalue weighted by Gasteiger charge is -2.32. The Labute approximate surface area is 98.3 Å². The van der Waals surface area contributed by atoms with Gasteiger partial charge >= 0.3 is 6.18 Å². The summed E-state index contributed by atoms with van der Waals surface area (Å²) in [5.41, 5.74) is -1.53. The van der Waals surface area contributed by atoms with Gasteiger partial charge in [0.25, 0.3) is 0 Å². The third-order valence-corrected chi connectivity index (χ3v) is 2.58. The molecule has 0 spiro atoms. The molecule has 96 valence electrons. The molecule has 1 unspecified atom stereocenters. The zero-order valence-corrected chi connectivity index (χ0v) is 9.97. The second-order valence-corrected chi connectivity index (χ2v) is 3.95. The van der Waals surface area contributed by atoms with E-state index in [9.17, 15) is 13.2 Å². The third kappa shape index (κ3) is 2.98. The van der Waals surface area contributed by atoms with Crippen molar-refractivity contribution in [3.8, 4) is 0 Å². The molecule has 1 atom stereocenters. The molecular weight excluding hydrogens is 233 g/mol. The SMILES string of the molecule is COCOC(C)(c1cccc(C)c1)C(F)(F)F. The molecule has 1 rings (SSSR count). The highest BCUT2D eigenvalue weighted by Gasteiger charge is 2.53. The number of methoxy groups -OCH3 is 1. The molecule has 17 heavy (non-hydrogen) atoms. The van der Waals surface area contributed by atoms with E-state index in [2.05, 4.69) is 4.74 Å². The van der Waals surface area contributed by atoms with Crippen LogP contribution in [0.3, 0.4) is 0 Å². The molecule has 0 aromatic heterocycles. The van der Waals surface area contributed by atoms with Crippen LogP contribution in [0.5, 0.6) is 0 Å². The van der Waals surface area contributed by atoms with Crippen LogP contribution >= 0.6 is 0 Å². The van der Waals surface area contributed by atoms with E-state index in [-0.39, 0.29) is 5.56 Å². The summed E-state index contributed by atoms with van der Waals surface area (Å²) < 4.78 is 48.6. The van der Waals surface area contributed by atoms with Crippen molar-refractivity contribution in [2.45, 2.75) is 25.6 Å². The maximum absolute atomic E-state index is 13.1. The number of ether oxygens (including phenoxy) is 2. The zero-order valence-electron chi connectivity index (χ0n) is 9.97. The van der Waals surface area contributed by atoms with E-state index in [4.69, 9.17) is 4.74 Å². The van der Waals surface area contributed by atoms with E-state index < -0.39 is 18.6 Å². The van der Waals surface area contributed by atoms with Crippen molar-refractivity contribution in [1.82, 2.24) is 0 Å². The lowest BCUT2D eigenvalue weighted by Crippen LogP contribution is -2.42. The highest BCUT2D eigenvalue weighted by atomic mass is 19.4. The van der Waals surface area contributed by atoms with Crippen LogP contribution in [0.15, 0.2) is 24.3 Å². The number of hydrogen-bond donors (Lipinski definition) is 0. The number of halogens is 3. The fourth-order valence-corrected chi connectivity index (χ4v) is 1.45. The van der Waals surface area contributed by atoms with Crippen LogP contribution in [0, 0.1) is 6.92 Å². The molecule has 0 saturated carbocycles. The Morgan fingerprint density at radius 2 is 1.88 bits per heavy atom. The van der Waals surface area contributed by atoms with Crippen molar-refractivity contribution in [1.29, 1.82) is 0 Å². The van der Waals surface area contributed by atoms with Gasteiger partial charge in [-0.15, -0.1) is 0 Å². The summed E-state index contributed by atoms with van der Waals surface area (Å²) in [5.74, 6) is 0. The highest BCUT2D eigenvalue weighted by Crippen LogP contribution is 2.42. The van der Waals surface area contributed by atoms with Gasteiger partial charge in [-0.3, -0.25) is 0 Å². The van der Waals surface area contributed by atoms with Crippen molar-refractivity contribution >= 4 is 0 Å². The van der Waals surface area contributed by atoms with Gasteiger partial charge < -0.3 is 9.47 Å². The van der Waals surface area contributed by atoms with Crippen LogP contribution in [-0.2, 0) is 15.1 Å². The summed E-state index contributed by atoms with van der Waals surface area (Å²) in [6.07, 6.45) is -4.50. The molecule has 2 nitrogen and oxygen atoms in total. The molecule has 0 heterocycles. The largest absolute Gasteiger partial charge is 0.421 e. The van der Waals surface area contributed by atoms with Gasteiger partial charge in [0.05, 0.1) is 0 Å². The van der Waals surface area contributed by atoms with Gasteiger partial charge in [0.2, 0.25) is 0 Å². The van der Waals surface area contributed by atoms with E-state index >= 15 is 0 Å². The van der Waals surface area contributed by atoms with Gasteiger partial charge in [-0.25, -0.2) is 0 Å². The quantitative estimate of drug-likeness (QED) is 0.760. The molecule has 0 aliphatic carbocycles. The molecule has 0 bridgehead atoms. The van der Waals surface area contributed by atoms with Crippen molar-refractivity contribution < 1.29 is 22.6 Å². The van der Waals surface area contributed by atoms with Crippen molar-refractivity contribution in [2.75, 3.05) is 13.9 Å². The van der Waals surface area contributed by atoms with Gasteiger partial charge in [0.1, 0.15) is 6.79 Å². The zero-order chi connectivity index (χ0) is 13.1. The minimum absolute atomic E-state index is 0.0713. The molecule has 0 radical (unpaired) electrons. The first-order valence-electron chi connectivity index (χ1n) is 5.08. The molecule has 0 amide bonds. The van der Waals surface area contributed by atoms with E-state index in [1.54, 1.807) is 19.1 Å². The Bertz CT molecular complexity index is 376. The Kier molecular flexibility index (Phi) is 4.16. The second kappa shape index (κ2) is 5.06. The lowest BCUT2D eigenvalue weighted by molar-refractivity contribution is -0.296. The summed E-state index contributed by atoms with van der Waals surface area (Å²) in [7, 11) is 1.28. The average molecular weight is 248 g/mol. The first kappa shape index (κ1) is 14.0. The maximum atomic E-state index is 13.1. The number of benzene rings is 1. The van der Waals surface area contributed by atoms with E-state index in [1.165, 1.54) is 19.2 Å².